The minimum absolute atomic E-state index is 0.0232. The van der Waals surface area contributed by atoms with Crippen molar-refractivity contribution in [1.82, 2.24) is 0 Å². The largest absolute Gasteiger partial charge is 0.0843 e. The molecule has 19 heavy (non-hydrogen) atoms. The smallest absolute Gasteiger partial charge is 0.0671 e. The topological polar surface area (TPSA) is 0 Å². The van der Waals surface area contributed by atoms with Crippen molar-refractivity contribution in [1.29, 1.82) is 0 Å². The summed E-state index contributed by atoms with van der Waals surface area (Å²) in [4.78, 5) is -0.0232. The molecular formula is C14H9Br3Cl2. The van der Waals surface area contributed by atoms with E-state index < -0.39 is 0 Å². The van der Waals surface area contributed by atoms with Gasteiger partial charge in [0.25, 0.3) is 0 Å². The van der Waals surface area contributed by atoms with Gasteiger partial charge < -0.3 is 0 Å². The van der Waals surface area contributed by atoms with Crippen molar-refractivity contribution < 1.29 is 0 Å². The van der Waals surface area contributed by atoms with Gasteiger partial charge >= 0.3 is 0 Å². The Morgan fingerprint density at radius 1 is 0.947 bits per heavy atom. The maximum Gasteiger partial charge on any atom is 0.0671 e. The van der Waals surface area contributed by atoms with E-state index in [0.717, 1.165) is 20.1 Å². The van der Waals surface area contributed by atoms with Gasteiger partial charge in [0.15, 0.2) is 0 Å². The highest BCUT2D eigenvalue weighted by Gasteiger charge is 2.18. The first kappa shape index (κ1) is 15.8. The van der Waals surface area contributed by atoms with Crippen LogP contribution >= 0.6 is 71.0 Å². The summed E-state index contributed by atoms with van der Waals surface area (Å²) in [6, 6.07) is 9.63. The Hall–Kier alpha value is 0.460. The van der Waals surface area contributed by atoms with Crippen LogP contribution in [0.4, 0.5) is 0 Å². The summed E-state index contributed by atoms with van der Waals surface area (Å²) in [5.41, 5.74) is 3.22. The molecule has 2 aromatic rings. The number of halogens is 5. The van der Waals surface area contributed by atoms with Gasteiger partial charge in [0, 0.05) is 19.0 Å². The van der Waals surface area contributed by atoms with Gasteiger partial charge in [0.2, 0.25) is 0 Å². The summed E-state index contributed by atoms with van der Waals surface area (Å²) in [7, 11) is 0. The normalized spacial score (nSPS) is 12.5. The molecule has 0 spiro atoms. The number of alkyl halides is 1. The minimum Gasteiger partial charge on any atom is -0.0843 e. The van der Waals surface area contributed by atoms with E-state index in [1.165, 1.54) is 5.56 Å². The van der Waals surface area contributed by atoms with Crippen molar-refractivity contribution in [3.8, 4) is 0 Å². The van der Waals surface area contributed by atoms with E-state index in [1.807, 2.05) is 19.1 Å². The summed E-state index contributed by atoms with van der Waals surface area (Å²) in [5, 5.41) is 1.36. The van der Waals surface area contributed by atoms with E-state index in [1.54, 1.807) is 6.07 Å². The first-order valence-electron chi connectivity index (χ1n) is 5.44. The number of hydrogen-bond acceptors (Lipinski definition) is 0. The molecule has 0 bridgehead atoms. The van der Waals surface area contributed by atoms with Crippen LogP contribution in [0.15, 0.2) is 39.3 Å². The summed E-state index contributed by atoms with van der Waals surface area (Å²) in [6.45, 7) is 2.05. The summed E-state index contributed by atoms with van der Waals surface area (Å²) in [6.07, 6.45) is 0. The second-order valence-corrected chi connectivity index (χ2v) is 7.62. The van der Waals surface area contributed by atoms with E-state index in [4.69, 9.17) is 23.2 Å². The van der Waals surface area contributed by atoms with E-state index in [0.29, 0.717) is 10.0 Å². The van der Waals surface area contributed by atoms with Crippen LogP contribution in [0.2, 0.25) is 10.0 Å². The van der Waals surface area contributed by atoms with Gasteiger partial charge in [-0.3, -0.25) is 0 Å². The highest BCUT2D eigenvalue weighted by Crippen LogP contribution is 2.41. The van der Waals surface area contributed by atoms with Crippen LogP contribution in [0, 0.1) is 6.92 Å². The van der Waals surface area contributed by atoms with Crippen LogP contribution in [-0.2, 0) is 0 Å². The third-order valence-electron chi connectivity index (χ3n) is 2.78. The molecule has 5 heteroatoms. The van der Waals surface area contributed by atoms with Gasteiger partial charge in [-0.25, -0.2) is 0 Å². The molecule has 2 rings (SSSR count). The zero-order valence-corrected chi connectivity index (χ0v) is 16.1. The van der Waals surface area contributed by atoms with Gasteiger partial charge in [0.05, 0.1) is 4.83 Å². The number of rotatable bonds is 2. The maximum absolute atomic E-state index is 6.25. The van der Waals surface area contributed by atoms with Crippen LogP contribution in [0.3, 0.4) is 0 Å². The second-order valence-electron chi connectivity index (χ2n) is 4.15. The Labute approximate surface area is 147 Å². The molecule has 100 valence electrons. The van der Waals surface area contributed by atoms with E-state index in [2.05, 4.69) is 59.9 Å². The number of hydrogen-bond donors (Lipinski definition) is 0. The lowest BCUT2D eigenvalue weighted by atomic mass is 10.0. The van der Waals surface area contributed by atoms with Crippen LogP contribution in [0.25, 0.3) is 0 Å². The third kappa shape index (κ3) is 3.56. The van der Waals surface area contributed by atoms with Crippen LogP contribution in [0.5, 0.6) is 0 Å². The monoisotopic (exact) mass is 484 g/mol. The van der Waals surface area contributed by atoms with Crippen molar-refractivity contribution >= 4 is 71.0 Å². The molecule has 0 nitrogen and oxygen atoms in total. The highest BCUT2D eigenvalue weighted by molar-refractivity contribution is 9.11. The van der Waals surface area contributed by atoms with Gasteiger partial charge in [-0.1, -0.05) is 71.0 Å². The number of benzene rings is 2. The zero-order chi connectivity index (χ0) is 14.2. The molecule has 0 aliphatic heterocycles. The molecule has 0 fully saturated rings. The Kier molecular flexibility index (Phi) is 5.41. The highest BCUT2D eigenvalue weighted by atomic mass is 79.9. The molecule has 0 N–H and O–H groups in total. The average molecular weight is 488 g/mol. The fraction of sp³-hybridized carbons (Fsp3) is 0.143. The molecule has 0 saturated carbocycles. The molecule has 0 radical (unpaired) electrons. The lowest BCUT2D eigenvalue weighted by Gasteiger charge is -2.16. The fourth-order valence-corrected chi connectivity index (χ4v) is 4.38. The predicted molar refractivity (Wildman–Crippen MR) is 93.8 cm³/mol. The van der Waals surface area contributed by atoms with Gasteiger partial charge in [0.1, 0.15) is 0 Å². The maximum atomic E-state index is 6.25. The Morgan fingerprint density at radius 3 is 2.32 bits per heavy atom. The van der Waals surface area contributed by atoms with Crippen molar-refractivity contribution in [2.75, 3.05) is 0 Å². The molecule has 0 aliphatic rings. The first-order chi connectivity index (χ1) is 8.90. The molecule has 0 amide bonds. The van der Waals surface area contributed by atoms with Crippen molar-refractivity contribution in [3.63, 3.8) is 0 Å². The summed E-state index contributed by atoms with van der Waals surface area (Å²) in [5.74, 6) is 0. The minimum atomic E-state index is -0.0232. The Morgan fingerprint density at radius 2 is 1.63 bits per heavy atom. The average Bonchev–Trinajstić information content (AvgIpc) is 2.36. The van der Waals surface area contributed by atoms with Crippen molar-refractivity contribution in [2.45, 2.75) is 11.8 Å². The lowest BCUT2D eigenvalue weighted by Crippen LogP contribution is -1.96. The van der Waals surface area contributed by atoms with Crippen LogP contribution in [0.1, 0.15) is 21.5 Å². The Balaban J connectivity index is 2.52. The molecule has 1 atom stereocenters. The van der Waals surface area contributed by atoms with E-state index in [-0.39, 0.29) is 4.83 Å². The van der Waals surface area contributed by atoms with Gasteiger partial charge in [-0.05, 0) is 53.9 Å². The Bertz CT molecular complexity index is 626. The summed E-state index contributed by atoms with van der Waals surface area (Å²) >= 11 is 23.1. The van der Waals surface area contributed by atoms with Crippen LogP contribution < -0.4 is 0 Å². The molecule has 0 heterocycles. The SMILES string of the molecule is Cc1cc(Br)c(C(Br)c2cc(Cl)ccc2Cl)cc1Br. The number of aryl methyl sites for hydroxylation is 1. The van der Waals surface area contributed by atoms with Crippen molar-refractivity contribution in [3.05, 3.63) is 66.0 Å². The van der Waals surface area contributed by atoms with E-state index >= 15 is 0 Å². The molecule has 0 aromatic heterocycles. The lowest BCUT2D eigenvalue weighted by molar-refractivity contribution is 1.15. The molecule has 1 unspecified atom stereocenters. The zero-order valence-electron chi connectivity index (χ0n) is 9.85. The molecule has 2 aromatic carbocycles. The molecule has 0 aliphatic carbocycles. The predicted octanol–water partition coefficient (Wildman–Crippen LogP) is 7.31. The fourth-order valence-electron chi connectivity index (χ4n) is 1.73. The molecule has 0 saturated heterocycles. The second kappa shape index (κ2) is 6.48. The van der Waals surface area contributed by atoms with Crippen LogP contribution in [-0.4, -0.2) is 0 Å². The standard InChI is InChI=1S/C14H9Br3Cl2/c1-7-4-12(16)9(6-11(7)15)14(17)10-5-8(18)2-3-13(10)19/h2-6,14H,1H3. The van der Waals surface area contributed by atoms with Crippen molar-refractivity contribution in [2.24, 2.45) is 0 Å². The first-order valence-corrected chi connectivity index (χ1v) is 8.70. The molecular weight excluding hydrogens is 479 g/mol. The van der Waals surface area contributed by atoms with E-state index in [9.17, 15) is 0 Å². The quantitative estimate of drug-likeness (QED) is 0.390. The third-order valence-corrected chi connectivity index (χ3v) is 5.89. The summed E-state index contributed by atoms with van der Waals surface area (Å²) < 4.78 is 2.10. The van der Waals surface area contributed by atoms with Gasteiger partial charge in [-0.2, -0.15) is 0 Å². The van der Waals surface area contributed by atoms with Gasteiger partial charge in [-0.15, -0.1) is 0 Å².